The van der Waals surface area contributed by atoms with Gasteiger partial charge in [0, 0.05) is 17.4 Å². The summed E-state index contributed by atoms with van der Waals surface area (Å²) in [6.07, 6.45) is 0.470. The van der Waals surface area contributed by atoms with E-state index in [2.05, 4.69) is 10.6 Å². The summed E-state index contributed by atoms with van der Waals surface area (Å²) >= 11 is 0. The van der Waals surface area contributed by atoms with Crippen molar-refractivity contribution < 1.29 is 23.5 Å². The van der Waals surface area contributed by atoms with Gasteiger partial charge < -0.3 is 20.1 Å². The fourth-order valence-electron chi connectivity index (χ4n) is 2.93. The molecule has 2 aliphatic rings. The number of amides is 2. The molecule has 7 heteroatoms. The van der Waals surface area contributed by atoms with E-state index in [-0.39, 0.29) is 11.8 Å². The molecule has 2 unspecified atom stereocenters. The van der Waals surface area contributed by atoms with Crippen LogP contribution in [0.15, 0.2) is 42.5 Å². The Hall–Kier alpha value is -3.09. The van der Waals surface area contributed by atoms with E-state index in [1.165, 1.54) is 18.2 Å². The first-order valence-electron chi connectivity index (χ1n) is 8.37. The number of carbonyl (C=O) groups excluding carboxylic acids is 2. The zero-order valence-electron chi connectivity index (χ0n) is 13.8. The molecule has 4 rings (SSSR count). The summed E-state index contributed by atoms with van der Waals surface area (Å²) in [6.45, 7) is 0.970. The maximum atomic E-state index is 13.2. The Kier molecular flexibility index (Phi) is 4.20. The molecule has 0 aromatic heterocycles. The van der Waals surface area contributed by atoms with Gasteiger partial charge in [-0.2, -0.15) is 0 Å². The highest BCUT2D eigenvalue weighted by Crippen LogP contribution is 2.41. The van der Waals surface area contributed by atoms with Crippen molar-refractivity contribution in [2.24, 2.45) is 11.8 Å². The second-order valence-electron chi connectivity index (χ2n) is 6.30. The van der Waals surface area contributed by atoms with E-state index in [0.717, 1.165) is 0 Å². The molecule has 0 radical (unpaired) electrons. The van der Waals surface area contributed by atoms with Crippen molar-refractivity contribution in [2.75, 3.05) is 23.8 Å². The van der Waals surface area contributed by atoms with Crippen LogP contribution in [0.25, 0.3) is 0 Å². The van der Waals surface area contributed by atoms with Gasteiger partial charge >= 0.3 is 0 Å². The number of carbonyl (C=O) groups is 2. The Morgan fingerprint density at radius 2 is 1.54 bits per heavy atom. The molecule has 6 nitrogen and oxygen atoms in total. The topological polar surface area (TPSA) is 76.7 Å². The van der Waals surface area contributed by atoms with Gasteiger partial charge in [0.2, 0.25) is 11.8 Å². The average Bonchev–Trinajstić information content (AvgIpc) is 3.43. The lowest BCUT2D eigenvalue weighted by Crippen LogP contribution is -2.21. The third-order valence-corrected chi connectivity index (χ3v) is 4.37. The number of benzene rings is 2. The van der Waals surface area contributed by atoms with E-state index in [9.17, 15) is 14.0 Å². The Bertz CT molecular complexity index is 870. The van der Waals surface area contributed by atoms with E-state index in [0.29, 0.717) is 42.5 Å². The van der Waals surface area contributed by atoms with Crippen LogP contribution in [0.4, 0.5) is 15.8 Å². The lowest BCUT2D eigenvalue weighted by Gasteiger charge is -2.19. The van der Waals surface area contributed by atoms with Gasteiger partial charge in [0.1, 0.15) is 19.0 Å². The van der Waals surface area contributed by atoms with Crippen molar-refractivity contribution in [3.63, 3.8) is 0 Å². The SMILES string of the molecule is O=C(Nc1cccc(F)c1)C1CC1C(=O)Nc1ccc2c(c1)OCCO2. The van der Waals surface area contributed by atoms with Gasteiger partial charge in [0.15, 0.2) is 11.5 Å². The minimum Gasteiger partial charge on any atom is -0.486 e. The van der Waals surface area contributed by atoms with Gasteiger partial charge in [-0.3, -0.25) is 9.59 Å². The van der Waals surface area contributed by atoms with E-state index < -0.39 is 17.7 Å². The van der Waals surface area contributed by atoms with Crippen molar-refractivity contribution in [1.29, 1.82) is 0 Å². The van der Waals surface area contributed by atoms with Gasteiger partial charge in [-0.15, -0.1) is 0 Å². The molecule has 1 saturated carbocycles. The molecule has 1 aliphatic carbocycles. The number of rotatable bonds is 4. The summed E-state index contributed by atoms with van der Waals surface area (Å²) in [6, 6.07) is 10.8. The first-order chi connectivity index (χ1) is 12.6. The van der Waals surface area contributed by atoms with Crippen LogP contribution in [0.3, 0.4) is 0 Å². The van der Waals surface area contributed by atoms with Crippen LogP contribution in [-0.4, -0.2) is 25.0 Å². The van der Waals surface area contributed by atoms with E-state index in [1.54, 1.807) is 24.3 Å². The highest BCUT2D eigenvalue weighted by atomic mass is 19.1. The molecular weight excluding hydrogens is 339 g/mol. The van der Waals surface area contributed by atoms with Crippen molar-refractivity contribution in [3.8, 4) is 11.5 Å². The van der Waals surface area contributed by atoms with Crippen molar-refractivity contribution in [3.05, 3.63) is 48.3 Å². The molecule has 1 fully saturated rings. The highest BCUT2D eigenvalue weighted by Gasteiger charge is 2.48. The van der Waals surface area contributed by atoms with Gasteiger partial charge in [0.05, 0.1) is 11.8 Å². The Morgan fingerprint density at radius 1 is 0.885 bits per heavy atom. The van der Waals surface area contributed by atoms with Crippen LogP contribution in [0.1, 0.15) is 6.42 Å². The number of nitrogens with one attached hydrogen (secondary N) is 2. The zero-order valence-corrected chi connectivity index (χ0v) is 13.8. The van der Waals surface area contributed by atoms with Crippen molar-refractivity contribution >= 4 is 23.2 Å². The van der Waals surface area contributed by atoms with Crippen LogP contribution in [0, 0.1) is 17.7 Å². The fourth-order valence-corrected chi connectivity index (χ4v) is 2.93. The minimum atomic E-state index is -0.425. The largest absolute Gasteiger partial charge is 0.486 e. The predicted molar refractivity (Wildman–Crippen MR) is 92.7 cm³/mol. The zero-order chi connectivity index (χ0) is 18.1. The molecule has 0 saturated heterocycles. The normalized spacial score (nSPS) is 20.2. The number of ether oxygens (including phenoxy) is 2. The van der Waals surface area contributed by atoms with Gasteiger partial charge in [-0.25, -0.2) is 4.39 Å². The molecule has 2 atom stereocenters. The van der Waals surface area contributed by atoms with Crippen LogP contribution in [-0.2, 0) is 9.59 Å². The number of anilines is 2. The Labute approximate surface area is 149 Å². The molecular formula is C19H17FN2O4. The summed E-state index contributed by atoms with van der Waals surface area (Å²) in [4.78, 5) is 24.5. The van der Waals surface area contributed by atoms with Gasteiger partial charge in [0.25, 0.3) is 0 Å². The second-order valence-corrected chi connectivity index (χ2v) is 6.30. The molecule has 1 aliphatic heterocycles. The summed E-state index contributed by atoms with van der Waals surface area (Å²) in [5.41, 5.74) is 0.975. The van der Waals surface area contributed by atoms with Crippen molar-refractivity contribution in [1.82, 2.24) is 0 Å². The quantitative estimate of drug-likeness (QED) is 0.883. The predicted octanol–water partition coefficient (Wildman–Crippen LogP) is 2.81. The summed E-state index contributed by atoms with van der Waals surface area (Å²) in [5, 5.41) is 5.44. The lowest BCUT2D eigenvalue weighted by molar-refractivity contribution is -0.122. The van der Waals surface area contributed by atoms with Crippen LogP contribution in [0.2, 0.25) is 0 Å². The average molecular weight is 356 g/mol. The Balaban J connectivity index is 1.34. The molecule has 2 amide bonds. The number of halogens is 1. The van der Waals surface area contributed by atoms with Crippen molar-refractivity contribution in [2.45, 2.75) is 6.42 Å². The lowest BCUT2D eigenvalue weighted by atomic mass is 10.2. The van der Waals surface area contributed by atoms with E-state index >= 15 is 0 Å². The van der Waals surface area contributed by atoms with Gasteiger partial charge in [-0.1, -0.05) is 6.07 Å². The Morgan fingerprint density at radius 3 is 2.23 bits per heavy atom. The molecule has 2 N–H and O–H groups in total. The standard InChI is InChI=1S/C19H17FN2O4/c20-11-2-1-3-12(8-11)21-18(23)14-10-15(14)19(24)22-13-4-5-16-17(9-13)26-7-6-25-16/h1-5,8-9,14-15H,6-7,10H2,(H,21,23)(H,22,24). The van der Waals surface area contributed by atoms with E-state index in [1.807, 2.05) is 0 Å². The third kappa shape index (κ3) is 3.46. The molecule has 0 spiro atoms. The smallest absolute Gasteiger partial charge is 0.228 e. The number of hydrogen-bond donors (Lipinski definition) is 2. The molecule has 0 bridgehead atoms. The number of fused-ring (bicyclic) bond motifs is 1. The van der Waals surface area contributed by atoms with Gasteiger partial charge in [-0.05, 0) is 36.8 Å². The molecule has 1 heterocycles. The summed E-state index contributed by atoms with van der Waals surface area (Å²) in [5.74, 6) is -0.490. The van der Waals surface area contributed by atoms with Crippen LogP contribution in [0.5, 0.6) is 11.5 Å². The maximum Gasteiger partial charge on any atom is 0.228 e. The first kappa shape index (κ1) is 16.4. The highest BCUT2D eigenvalue weighted by molar-refractivity contribution is 6.03. The fraction of sp³-hybridized carbons (Fsp3) is 0.263. The first-order valence-corrected chi connectivity index (χ1v) is 8.37. The molecule has 26 heavy (non-hydrogen) atoms. The molecule has 2 aromatic carbocycles. The van der Waals surface area contributed by atoms with E-state index in [4.69, 9.17) is 9.47 Å². The van der Waals surface area contributed by atoms with Crippen LogP contribution >= 0.6 is 0 Å². The van der Waals surface area contributed by atoms with Crippen LogP contribution < -0.4 is 20.1 Å². The maximum absolute atomic E-state index is 13.2. The molecule has 134 valence electrons. The summed E-state index contributed by atoms with van der Waals surface area (Å²) in [7, 11) is 0. The summed E-state index contributed by atoms with van der Waals surface area (Å²) < 4.78 is 24.1. The third-order valence-electron chi connectivity index (χ3n) is 4.37. The monoisotopic (exact) mass is 356 g/mol. The minimum absolute atomic E-state index is 0.221. The second kappa shape index (κ2) is 6.67. The number of hydrogen-bond acceptors (Lipinski definition) is 4. The molecule has 2 aromatic rings.